The first-order chi connectivity index (χ1) is 13.5. The average molecular weight is 461 g/mol. The molecule has 0 saturated heterocycles. The number of fused-ring (bicyclic) bond motifs is 3. The zero-order chi connectivity index (χ0) is 19.7. The van der Waals surface area contributed by atoms with Gasteiger partial charge in [-0.25, -0.2) is 0 Å². The predicted octanol–water partition coefficient (Wildman–Crippen LogP) is 6.03. The van der Waals surface area contributed by atoms with Gasteiger partial charge in [0.05, 0.1) is 17.8 Å². The van der Waals surface area contributed by atoms with Gasteiger partial charge in [0, 0.05) is 21.3 Å². The Morgan fingerprint density at radius 3 is 2.68 bits per heavy atom. The number of hydrogen-bond donors (Lipinski definition) is 1. The van der Waals surface area contributed by atoms with Crippen molar-refractivity contribution in [2.75, 3.05) is 19.0 Å². The molecule has 0 atom stereocenters. The van der Waals surface area contributed by atoms with E-state index in [9.17, 15) is 4.79 Å². The Morgan fingerprint density at radius 2 is 1.89 bits per heavy atom. The van der Waals surface area contributed by atoms with Gasteiger partial charge in [0.25, 0.3) is 5.91 Å². The summed E-state index contributed by atoms with van der Waals surface area (Å²) in [5.41, 5.74) is 1.94. The molecule has 0 aliphatic carbocycles. The van der Waals surface area contributed by atoms with Gasteiger partial charge >= 0.3 is 0 Å². The molecule has 0 radical (unpaired) electrons. The molecule has 0 unspecified atom stereocenters. The van der Waals surface area contributed by atoms with E-state index < -0.39 is 0 Å². The average Bonchev–Trinajstić information content (AvgIpc) is 3.04. The van der Waals surface area contributed by atoms with Crippen LogP contribution in [-0.4, -0.2) is 19.6 Å². The Balaban J connectivity index is 1.56. The number of ether oxygens (including phenoxy) is 2. The van der Waals surface area contributed by atoms with E-state index in [1.54, 1.807) is 31.4 Å². The van der Waals surface area contributed by atoms with E-state index in [4.69, 9.17) is 25.5 Å². The maximum Gasteiger partial charge on any atom is 0.262 e. The molecular formula is C21H15BrClNO4. The predicted molar refractivity (Wildman–Crippen MR) is 114 cm³/mol. The molecule has 7 heteroatoms. The van der Waals surface area contributed by atoms with Crippen molar-refractivity contribution in [3.63, 3.8) is 0 Å². The lowest BCUT2D eigenvalue weighted by molar-refractivity contribution is -0.118. The summed E-state index contributed by atoms with van der Waals surface area (Å²) >= 11 is 9.43. The van der Waals surface area contributed by atoms with E-state index in [-0.39, 0.29) is 12.5 Å². The summed E-state index contributed by atoms with van der Waals surface area (Å²) in [6.45, 7) is -0.192. The van der Waals surface area contributed by atoms with Crippen LogP contribution in [0.1, 0.15) is 0 Å². The second-order valence-corrected chi connectivity index (χ2v) is 7.38. The van der Waals surface area contributed by atoms with Crippen molar-refractivity contribution in [3.8, 4) is 11.5 Å². The van der Waals surface area contributed by atoms with Crippen LogP contribution >= 0.6 is 27.5 Å². The number of benzene rings is 3. The molecule has 0 spiro atoms. The van der Waals surface area contributed by atoms with Crippen LogP contribution in [0.2, 0.25) is 5.02 Å². The van der Waals surface area contributed by atoms with Gasteiger partial charge < -0.3 is 19.2 Å². The number of carbonyl (C=O) groups is 1. The van der Waals surface area contributed by atoms with Gasteiger partial charge in [-0.2, -0.15) is 0 Å². The number of halogens is 2. The number of rotatable bonds is 5. The van der Waals surface area contributed by atoms with Crippen LogP contribution in [0.4, 0.5) is 5.69 Å². The van der Waals surface area contributed by atoms with Crippen molar-refractivity contribution in [2.24, 2.45) is 0 Å². The molecule has 28 heavy (non-hydrogen) atoms. The molecule has 1 amide bonds. The first-order valence-electron chi connectivity index (χ1n) is 8.42. The topological polar surface area (TPSA) is 60.7 Å². The fraction of sp³-hybridized carbons (Fsp3) is 0.0952. The molecule has 1 N–H and O–H groups in total. The Kier molecular flexibility index (Phi) is 5.15. The zero-order valence-electron chi connectivity index (χ0n) is 14.8. The van der Waals surface area contributed by atoms with Gasteiger partial charge in [-0.3, -0.25) is 4.79 Å². The Bertz CT molecular complexity index is 1190. The maximum atomic E-state index is 12.4. The van der Waals surface area contributed by atoms with Gasteiger partial charge in [0.15, 0.2) is 6.61 Å². The van der Waals surface area contributed by atoms with E-state index in [1.165, 1.54) is 0 Å². The standard InChI is InChI=1S/C21H15BrClNO4/c1-26-20-9-14-13-4-2-3-5-17(13)28-19(14)10-16(20)24-21(25)11-27-18-7-6-12(22)8-15(18)23/h2-10H,11H2,1H3,(H,24,25). The summed E-state index contributed by atoms with van der Waals surface area (Å²) in [6, 6.07) is 16.5. The number of furan rings is 1. The van der Waals surface area contributed by atoms with Gasteiger partial charge in [0.2, 0.25) is 0 Å². The number of methoxy groups -OCH3 is 1. The first kappa shape index (κ1) is 18.7. The van der Waals surface area contributed by atoms with Crippen molar-refractivity contribution in [1.29, 1.82) is 0 Å². The smallest absolute Gasteiger partial charge is 0.262 e. The summed E-state index contributed by atoms with van der Waals surface area (Å²) < 4.78 is 17.7. The van der Waals surface area contributed by atoms with E-state index in [1.807, 2.05) is 30.3 Å². The molecular weight excluding hydrogens is 446 g/mol. The third-order valence-electron chi connectivity index (χ3n) is 4.23. The summed E-state index contributed by atoms with van der Waals surface area (Å²) in [5, 5.41) is 5.13. The van der Waals surface area contributed by atoms with Gasteiger partial charge in [-0.1, -0.05) is 45.7 Å². The van der Waals surface area contributed by atoms with Crippen LogP contribution in [0, 0.1) is 0 Å². The van der Waals surface area contributed by atoms with Crippen LogP contribution in [0.3, 0.4) is 0 Å². The lowest BCUT2D eigenvalue weighted by atomic mass is 10.1. The van der Waals surface area contributed by atoms with E-state index in [0.717, 1.165) is 20.8 Å². The van der Waals surface area contributed by atoms with Crippen molar-refractivity contribution >= 4 is 61.1 Å². The summed E-state index contributed by atoms with van der Waals surface area (Å²) in [7, 11) is 1.55. The molecule has 4 aromatic rings. The molecule has 3 aromatic carbocycles. The van der Waals surface area contributed by atoms with Crippen LogP contribution in [0.5, 0.6) is 11.5 Å². The minimum Gasteiger partial charge on any atom is -0.495 e. The molecule has 0 bridgehead atoms. The highest BCUT2D eigenvalue weighted by molar-refractivity contribution is 9.10. The van der Waals surface area contributed by atoms with Crippen LogP contribution in [-0.2, 0) is 4.79 Å². The summed E-state index contributed by atoms with van der Waals surface area (Å²) in [6.07, 6.45) is 0. The molecule has 0 aliphatic rings. The molecule has 0 fully saturated rings. The number of nitrogens with one attached hydrogen (secondary N) is 1. The van der Waals surface area contributed by atoms with Crippen molar-refractivity contribution < 1.29 is 18.7 Å². The van der Waals surface area contributed by atoms with Crippen molar-refractivity contribution in [2.45, 2.75) is 0 Å². The Morgan fingerprint density at radius 1 is 1.07 bits per heavy atom. The highest BCUT2D eigenvalue weighted by atomic mass is 79.9. The summed E-state index contributed by atoms with van der Waals surface area (Å²) in [5.74, 6) is 0.626. The van der Waals surface area contributed by atoms with Crippen LogP contribution in [0.15, 0.2) is 63.5 Å². The number of anilines is 1. The van der Waals surface area contributed by atoms with Gasteiger partial charge in [-0.15, -0.1) is 0 Å². The first-order valence-corrected chi connectivity index (χ1v) is 9.59. The second kappa shape index (κ2) is 7.73. The number of amides is 1. The third kappa shape index (κ3) is 3.66. The Labute approximate surface area is 174 Å². The molecule has 142 valence electrons. The SMILES string of the molecule is COc1cc2c(cc1NC(=O)COc1ccc(Br)cc1Cl)oc1ccccc12. The summed E-state index contributed by atoms with van der Waals surface area (Å²) in [4.78, 5) is 12.4. The quantitative estimate of drug-likeness (QED) is 0.395. The van der Waals surface area contributed by atoms with Gasteiger partial charge in [-0.05, 0) is 30.3 Å². The monoisotopic (exact) mass is 459 g/mol. The maximum absolute atomic E-state index is 12.4. The lowest BCUT2D eigenvalue weighted by Gasteiger charge is -2.12. The van der Waals surface area contributed by atoms with E-state index in [2.05, 4.69) is 21.2 Å². The normalized spacial score (nSPS) is 11.0. The largest absolute Gasteiger partial charge is 0.495 e. The highest BCUT2D eigenvalue weighted by Crippen LogP contribution is 2.36. The van der Waals surface area contributed by atoms with Crippen molar-refractivity contribution in [1.82, 2.24) is 0 Å². The van der Waals surface area contributed by atoms with E-state index in [0.29, 0.717) is 27.8 Å². The number of hydrogen-bond acceptors (Lipinski definition) is 4. The van der Waals surface area contributed by atoms with E-state index >= 15 is 0 Å². The van der Waals surface area contributed by atoms with Gasteiger partial charge in [0.1, 0.15) is 22.7 Å². The lowest BCUT2D eigenvalue weighted by Crippen LogP contribution is -2.20. The Hall–Kier alpha value is -2.70. The van der Waals surface area contributed by atoms with Crippen LogP contribution in [0.25, 0.3) is 21.9 Å². The van der Waals surface area contributed by atoms with Crippen LogP contribution < -0.4 is 14.8 Å². The minimum absolute atomic E-state index is 0.192. The molecule has 4 rings (SSSR count). The fourth-order valence-corrected chi connectivity index (χ4v) is 3.67. The fourth-order valence-electron chi connectivity index (χ4n) is 2.94. The second-order valence-electron chi connectivity index (χ2n) is 6.06. The third-order valence-corrected chi connectivity index (χ3v) is 5.01. The number of carbonyl (C=O) groups excluding carboxylic acids is 1. The highest BCUT2D eigenvalue weighted by Gasteiger charge is 2.14. The molecule has 0 saturated carbocycles. The van der Waals surface area contributed by atoms with Crippen molar-refractivity contribution in [3.05, 3.63) is 64.1 Å². The number of para-hydroxylation sites is 1. The molecule has 5 nitrogen and oxygen atoms in total. The molecule has 1 aromatic heterocycles. The minimum atomic E-state index is -0.340. The molecule has 0 aliphatic heterocycles. The molecule has 1 heterocycles. The zero-order valence-corrected chi connectivity index (χ0v) is 17.1.